The average molecular weight is 259 g/mol. The second-order valence-electron chi connectivity index (χ2n) is 4.79. The van der Waals surface area contributed by atoms with Crippen LogP contribution in [0.25, 0.3) is 0 Å². The number of anilines is 2. The maximum atomic E-state index is 12.6. The molecule has 1 aliphatic carbocycles. The molecule has 1 heterocycles. The van der Waals surface area contributed by atoms with Gasteiger partial charge in [-0.05, 0) is 37.8 Å². The standard InChI is InChI=1S/C12H16F3N3/c1-7(8-3-2-4-8)17-11-6-9(12(13,14)15)5-10(16)18-11/h5-8H,2-4H2,1H3,(H3,16,17,18). The number of alkyl halides is 3. The average Bonchev–Trinajstić information content (AvgIpc) is 2.11. The lowest BCUT2D eigenvalue weighted by Gasteiger charge is -2.32. The third kappa shape index (κ3) is 2.86. The largest absolute Gasteiger partial charge is 0.416 e. The van der Waals surface area contributed by atoms with Crippen molar-refractivity contribution < 1.29 is 13.2 Å². The minimum atomic E-state index is -4.40. The number of aromatic nitrogens is 1. The van der Waals surface area contributed by atoms with Gasteiger partial charge in [0, 0.05) is 6.04 Å². The van der Waals surface area contributed by atoms with Crippen molar-refractivity contribution in [3.63, 3.8) is 0 Å². The summed E-state index contributed by atoms with van der Waals surface area (Å²) >= 11 is 0. The van der Waals surface area contributed by atoms with Crippen LogP contribution in [0, 0.1) is 5.92 Å². The van der Waals surface area contributed by atoms with E-state index in [9.17, 15) is 13.2 Å². The summed E-state index contributed by atoms with van der Waals surface area (Å²) in [5, 5.41) is 3.01. The molecule has 18 heavy (non-hydrogen) atoms. The van der Waals surface area contributed by atoms with E-state index in [4.69, 9.17) is 5.73 Å². The van der Waals surface area contributed by atoms with Crippen molar-refractivity contribution in [2.75, 3.05) is 11.1 Å². The van der Waals surface area contributed by atoms with Crippen molar-refractivity contribution >= 4 is 11.6 Å². The Morgan fingerprint density at radius 1 is 1.39 bits per heavy atom. The van der Waals surface area contributed by atoms with Gasteiger partial charge in [0.05, 0.1) is 5.56 Å². The fourth-order valence-electron chi connectivity index (χ4n) is 2.08. The number of pyridine rings is 1. The number of hydrogen-bond donors (Lipinski definition) is 2. The van der Waals surface area contributed by atoms with Gasteiger partial charge in [-0.3, -0.25) is 0 Å². The molecule has 0 spiro atoms. The van der Waals surface area contributed by atoms with Gasteiger partial charge >= 0.3 is 6.18 Å². The molecular weight excluding hydrogens is 243 g/mol. The Hall–Kier alpha value is -1.46. The molecule has 1 saturated carbocycles. The summed E-state index contributed by atoms with van der Waals surface area (Å²) in [6.07, 6.45) is -0.979. The van der Waals surface area contributed by atoms with Crippen molar-refractivity contribution in [2.24, 2.45) is 5.92 Å². The summed E-state index contributed by atoms with van der Waals surface area (Å²) in [5.41, 5.74) is 4.64. The van der Waals surface area contributed by atoms with Gasteiger partial charge < -0.3 is 11.1 Å². The minimum absolute atomic E-state index is 0.117. The Balaban J connectivity index is 2.14. The smallest absolute Gasteiger partial charge is 0.384 e. The molecule has 1 aliphatic rings. The molecule has 3 N–H and O–H groups in total. The molecule has 0 radical (unpaired) electrons. The number of hydrogen-bond acceptors (Lipinski definition) is 3. The molecule has 0 amide bonds. The summed E-state index contributed by atoms with van der Waals surface area (Å²) in [6.45, 7) is 1.96. The van der Waals surface area contributed by atoms with Crippen LogP contribution in [0.4, 0.5) is 24.8 Å². The van der Waals surface area contributed by atoms with Crippen LogP contribution >= 0.6 is 0 Å². The molecule has 0 bridgehead atoms. The zero-order valence-electron chi connectivity index (χ0n) is 10.1. The Bertz CT molecular complexity index is 427. The quantitative estimate of drug-likeness (QED) is 0.875. The predicted octanol–water partition coefficient (Wildman–Crippen LogP) is 3.28. The van der Waals surface area contributed by atoms with E-state index in [2.05, 4.69) is 10.3 Å². The van der Waals surface area contributed by atoms with Crippen LogP contribution in [0.3, 0.4) is 0 Å². The summed E-state index contributed by atoms with van der Waals surface area (Å²) < 4.78 is 37.8. The SMILES string of the molecule is CC(Nc1cc(C(F)(F)F)cc(N)n1)C1CCC1. The fraction of sp³-hybridized carbons (Fsp3) is 0.583. The van der Waals surface area contributed by atoms with Crippen molar-refractivity contribution in [1.29, 1.82) is 0 Å². The van der Waals surface area contributed by atoms with E-state index in [0.29, 0.717) is 5.92 Å². The third-order valence-corrected chi connectivity index (χ3v) is 3.40. The molecule has 100 valence electrons. The zero-order valence-corrected chi connectivity index (χ0v) is 10.1. The van der Waals surface area contributed by atoms with Crippen molar-refractivity contribution in [2.45, 2.75) is 38.4 Å². The molecule has 1 aromatic heterocycles. The van der Waals surface area contributed by atoms with Crippen molar-refractivity contribution in [3.8, 4) is 0 Å². The Labute approximate surface area is 104 Å². The number of nitrogens with one attached hydrogen (secondary N) is 1. The van der Waals surface area contributed by atoms with Crippen molar-refractivity contribution in [3.05, 3.63) is 17.7 Å². The predicted molar refractivity (Wildman–Crippen MR) is 64.1 cm³/mol. The van der Waals surface area contributed by atoms with Gasteiger partial charge in [-0.2, -0.15) is 13.2 Å². The maximum Gasteiger partial charge on any atom is 0.416 e. The van der Waals surface area contributed by atoms with Gasteiger partial charge in [-0.25, -0.2) is 4.98 Å². The fourth-order valence-corrected chi connectivity index (χ4v) is 2.08. The van der Waals surface area contributed by atoms with E-state index in [1.54, 1.807) is 0 Å². The third-order valence-electron chi connectivity index (χ3n) is 3.40. The molecule has 1 aromatic rings. The van der Waals surface area contributed by atoms with Crippen LogP contribution in [-0.4, -0.2) is 11.0 Å². The molecule has 0 aromatic carbocycles. The second-order valence-corrected chi connectivity index (χ2v) is 4.79. The van der Waals surface area contributed by atoms with Crippen LogP contribution in [0.5, 0.6) is 0 Å². The molecule has 2 rings (SSSR count). The molecule has 0 aliphatic heterocycles. The number of nitrogens with two attached hydrogens (primary N) is 1. The van der Waals surface area contributed by atoms with Crippen molar-refractivity contribution in [1.82, 2.24) is 4.98 Å². The minimum Gasteiger partial charge on any atom is -0.384 e. The molecule has 1 atom stereocenters. The highest BCUT2D eigenvalue weighted by Crippen LogP contribution is 2.33. The molecule has 6 heteroatoms. The maximum absolute atomic E-state index is 12.6. The van der Waals surface area contributed by atoms with E-state index >= 15 is 0 Å². The van der Waals surface area contributed by atoms with Gasteiger partial charge in [0.1, 0.15) is 11.6 Å². The lowest BCUT2D eigenvalue weighted by atomic mass is 9.80. The van der Waals surface area contributed by atoms with E-state index < -0.39 is 11.7 Å². The summed E-state index contributed by atoms with van der Waals surface area (Å²) in [5.74, 6) is 0.595. The first-order valence-corrected chi connectivity index (χ1v) is 5.97. The van der Waals surface area contributed by atoms with E-state index in [0.717, 1.165) is 25.0 Å². The molecular formula is C12H16F3N3. The van der Waals surface area contributed by atoms with Gasteiger partial charge in [0.15, 0.2) is 0 Å². The Kier molecular flexibility index (Phi) is 3.36. The number of halogens is 3. The topological polar surface area (TPSA) is 50.9 Å². The number of nitrogens with zero attached hydrogens (tertiary/aromatic N) is 1. The van der Waals surface area contributed by atoms with E-state index in [1.165, 1.54) is 6.42 Å². The van der Waals surface area contributed by atoms with Crippen LogP contribution in [0.15, 0.2) is 12.1 Å². The first kappa shape index (κ1) is 13.0. The van der Waals surface area contributed by atoms with Crippen LogP contribution in [0.2, 0.25) is 0 Å². The lowest BCUT2D eigenvalue weighted by molar-refractivity contribution is -0.137. The summed E-state index contributed by atoms with van der Waals surface area (Å²) in [6, 6.07) is 1.97. The zero-order chi connectivity index (χ0) is 13.3. The normalized spacial score (nSPS) is 18.2. The molecule has 1 unspecified atom stereocenters. The van der Waals surface area contributed by atoms with Crippen LogP contribution < -0.4 is 11.1 Å². The Morgan fingerprint density at radius 3 is 2.56 bits per heavy atom. The highest BCUT2D eigenvalue weighted by Gasteiger charge is 2.32. The number of rotatable bonds is 3. The highest BCUT2D eigenvalue weighted by molar-refractivity contribution is 5.48. The van der Waals surface area contributed by atoms with Gasteiger partial charge in [0.2, 0.25) is 0 Å². The molecule has 0 saturated heterocycles. The van der Waals surface area contributed by atoms with Crippen LogP contribution in [-0.2, 0) is 6.18 Å². The van der Waals surface area contributed by atoms with Gasteiger partial charge in [0.25, 0.3) is 0 Å². The first-order chi connectivity index (χ1) is 8.36. The Morgan fingerprint density at radius 2 is 2.06 bits per heavy atom. The summed E-state index contributed by atoms with van der Waals surface area (Å²) in [4.78, 5) is 3.89. The van der Waals surface area contributed by atoms with Crippen LogP contribution in [0.1, 0.15) is 31.7 Å². The second kappa shape index (κ2) is 4.66. The number of nitrogen functional groups attached to an aromatic ring is 1. The van der Waals surface area contributed by atoms with Gasteiger partial charge in [-0.1, -0.05) is 6.42 Å². The van der Waals surface area contributed by atoms with E-state index in [1.807, 2.05) is 6.92 Å². The molecule has 3 nitrogen and oxygen atoms in total. The van der Waals surface area contributed by atoms with Gasteiger partial charge in [-0.15, -0.1) is 0 Å². The summed E-state index contributed by atoms with van der Waals surface area (Å²) in [7, 11) is 0. The van der Waals surface area contributed by atoms with E-state index in [-0.39, 0.29) is 17.7 Å². The molecule has 1 fully saturated rings. The lowest BCUT2D eigenvalue weighted by Crippen LogP contribution is -2.31. The highest BCUT2D eigenvalue weighted by atomic mass is 19.4. The first-order valence-electron chi connectivity index (χ1n) is 5.97. The monoisotopic (exact) mass is 259 g/mol.